The van der Waals surface area contributed by atoms with Gasteiger partial charge < -0.3 is 14.4 Å². The van der Waals surface area contributed by atoms with E-state index >= 15 is 0 Å². The minimum Gasteiger partial charge on any atom is -0.384 e. The van der Waals surface area contributed by atoms with Gasteiger partial charge in [-0.25, -0.2) is 0 Å². The van der Waals surface area contributed by atoms with E-state index in [2.05, 4.69) is 11.9 Å². The Bertz CT molecular complexity index is 127. The summed E-state index contributed by atoms with van der Waals surface area (Å²) >= 11 is 0. The summed E-state index contributed by atoms with van der Waals surface area (Å²) in [5.41, 5.74) is 0. The van der Waals surface area contributed by atoms with Crippen molar-refractivity contribution in [1.82, 2.24) is 4.90 Å². The summed E-state index contributed by atoms with van der Waals surface area (Å²) in [5.74, 6) is 1.37. The molecule has 0 radical (unpaired) electrons. The Labute approximate surface area is 81.0 Å². The van der Waals surface area contributed by atoms with Gasteiger partial charge in [0.2, 0.25) is 0 Å². The summed E-state index contributed by atoms with van der Waals surface area (Å²) in [4.78, 5) is 2.37. The van der Waals surface area contributed by atoms with Crippen molar-refractivity contribution in [3.8, 4) is 0 Å². The molecule has 1 saturated heterocycles. The Morgan fingerprint density at radius 3 is 1.92 bits per heavy atom. The summed E-state index contributed by atoms with van der Waals surface area (Å²) in [7, 11) is 5.73. The minimum atomic E-state index is 0.684. The molecule has 0 amide bonds. The molecule has 1 heterocycles. The number of nitrogens with zero attached hydrogens (tertiary/aromatic N) is 1. The molecule has 2 atom stereocenters. The average Bonchev–Trinajstić information content (AvgIpc) is 2.04. The average molecular weight is 187 g/mol. The van der Waals surface area contributed by atoms with Gasteiger partial charge in [0.15, 0.2) is 0 Å². The van der Waals surface area contributed by atoms with Gasteiger partial charge in [-0.15, -0.1) is 0 Å². The Hall–Kier alpha value is -0.120. The van der Waals surface area contributed by atoms with Crippen molar-refractivity contribution < 1.29 is 9.47 Å². The van der Waals surface area contributed by atoms with Gasteiger partial charge in [-0.2, -0.15) is 0 Å². The van der Waals surface area contributed by atoms with E-state index < -0.39 is 0 Å². The zero-order chi connectivity index (χ0) is 9.68. The molecular formula is C10H21NO2. The lowest BCUT2D eigenvalue weighted by Crippen LogP contribution is -2.40. The second-order valence-electron chi connectivity index (χ2n) is 4.10. The van der Waals surface area contributed by atoms with E-state index in [0.717, 1.165) is 26.3 Å². The van der Waals surface area contributed by atoms with Gasteiger partial charge in [-0.1, -0.05) is 0 Å². The molecule has 1 rings (SSSR count). The van der Waals surface area contributed by atoms with Crippen LogP contribution in [0.5, 0.6) is 0 Å². The fourth-order valence-corrected chi connectivity index (χ4v) is 2.29. The smallest absolute Gasteiger partial charge is 0.0502 e. The van der Waals surface area contributed by atoms with Gasteiger partial charge in [0.25, 0.3) is 0 Å². The molecule has 2 unspecified atom stereocenters. The molecule has 1 fully saturated rings. The molecule has 3 heteroatoms. The van der Waals surface area contributed by atoms with Crippen LogP contribution in [0, 0.1) is 11.8 Å². The summed E-state index contributed by atoms with van der Waals surface area (Å²) in [6.07, 6.45) is 1.24. The predicted molar refractivity (Wildman–Crippen MR) is 52.8 cm³/mol. The van der Waals surface area contributed by atoms with Crippen LogP contribution in [0.15, 0.2) is 0 Å². The maximum atomic E-state index is 5.19. The lowest BCUT2D eigenvalue weighted by Gasteiger charge is -2.34. The van der Waals surface area contributed by atoms with Crippen LogP contribution in [-0.2, 0) is 9.47 Å². The number of methoxy groups -OCH3 is 2. The molecule has 0 saturated carbocycles. The van der Waals surface area contributed by atoms with Crippen LogP contribution in [0.1, 0.15) is 6.42 Å². The van der Waals surface area contributed by atoms with E-state index in [0.29, 0.717) is 11.8 Å². The third kappa shape index (κ3) is 3.63. The summed E-state index contributed by atoms with van der Waals surface area (Å²) in [6.45, 7) is 4.08. The van der Waals surface area contributed by atoms with Crippen molar-refractivity contribution in [2.24, 2.45) is 11.8 Å². The highest BCUT2D eigenvalue weighted by molar-refractivity contribution is 4.77. The van der Waals surface area contributed by atoms with Gasteiger partial charge in [-0.3, -0.25) is 0 Å². The second kappa shape index (κ2) is 5.58. The Morgan fingerprint density at radius 1 is 1.08 bits per heavy atom. The number of hydrogen-bond acceptors (Lipinski definition) is 3. The van der Waals surface area contributed by atoms with Crippen molar-refractivity contribution in [2.75, 3.05) is 47.6 Å². The summed E-state index contributed by atoms with van der Waals surface area (Å²) < 4.78 is 10.4. The Balaban J connectivity index is 2.33. The highest BCUT2D eigenvalue weighted by Gasteiger charge is 2.24. The highest BCUT2D eigenvalue weighted by atomic mass is 16.5. The number of piperidine rings is 1. The van der Waals surface area contributed by atoms with Crippen molar-refractivity contribution >= 4 is 0 Å². The lowest BCUT2D eigenvalue weighted by atomic mass is 9.90. The molecule has 0 N–H and O–H groups in total. The molecule has 0 aromatic carbocycles. The van der Waals surface area contributed by atoms with Crippen LogP contribution in [0.3, 0.4) is 0 Å². The molecule has 0 spiro atoms. The van der Waals surface area contributed by atoms with Crippen LogP contribution >= 0.6 is 0 Å². The quantitative estimate of drug-likeness (QED) is 0.651. The van der Waals surface area contributed by atoms with Crippen molar-refractivity contribution in [1.29, 1.82) is 0 Å². The van der Waals surface area contributed by atoms with Gasteiger partial charge in [0, 0.05) is 27.3 Å². The summed E-state index contributed by atoms with van der Waals surface area (Å²) in [6, 6.07) is 0. The highest BCUT2D eigenvalue weighted by Crippen LogP contribution is 2.21. The van der Waals surface area contributed by atoms with E-state index in [1.807, 2.05) is 0 Å². The first-order chi connectivity index (χ1) is 6.26. The zero-order valence-electron chi connectivity index (χ0n) is 8.95. The van der Waals surface area contributed by atoms with Crippen LogP contribution in [0.4, 0.5) is 0 Å². The number of rotatable bonds is 4. The standard InChI is InChI=1S/C10H21NO2/c1-11-5-9(7-12-2)4-10(6-11)8-13-3/h9-10H,4-8H2,1-3H3. The monoisotopic (exact) mass is 187 g/mol. The Kier molecular flexibility index (Phi) is 4.70. The molecule has 78 valence electrons. The molecule has 1 aliphatic rings. The van der Waals surface area contributed by atoms with E-state index in [4.69, 9.17) is 9.47 Å². The lowest BCUT2D eigenvalue weighted by molar-refractivity contribution is 0.0432. The van der Waals surface area contributed by atoms with Gasteiger partial charge in [0.05, 0.1) is 13.2 Å². The van der Waals surface area contributed by atoms with Crippen LogP contribution in [0.25, 0.3) is 0 Å². The number of likely N-dealkylation sites (tertiary alicyclic amines) is 1. The first-order valence-corrected chi connectivity index (χ1v) is 4.92. The largest absolute Gasteiger partial charge is 0.384 e. The molecule has 3 nitrogen and oxygen atoms in total. The third-order valence-electron chi connectivity index (χ3n) is 2.61. The molecular weight excluding hydrogens is 166 g/mol. The molecule has 0 aromatic heterocycles. The van der Waals surface area contributed by atoms with Crippen molar-refractivity contribution in [3.63, 3.8) is 0 Å². The SMILES string of the molecule is COCC1CC(COC)CN(C)C1. The van der Waals surface area contributed by atoms with Gasteiger partial charge in [0.1, 0.15) is 0 Å². The van der Waals surface area contributed by atoms with E-state index in [9.17, 15) is 0 Å². The predicted octanol–water partition coefficient (Wildman–Crippen LogP) is 0.847. The molecule has 0 aromatic rings. The first kappa shape index (κ1) is 11.0. The molecule has 0 aliphatic carbocycles. The number of ether oxygens (including phenoxy) is 2. The fraction of sp³-hybridized carbons (Fsp3) is 1.00. The Morgan fingerprint density at radius 2 is 1.54 bits per heavy atom. The van der Waals surface area contributed by atoms with E-state index in [1.165, 1.54) is 6.42 Å². The molecule has 13 heavy (non-hydrogen) atoms. The molecule has 1 aliphatic heterocycles. The van der Waals surface area contributed by atoms with Gasteiger partial charge in [-0.05, 0) is 25.3 Å². The topological polar surface area (TPSA) is 21.7 Å². The molecule has 0 bridgehead atoms. The fourth-order valence-electron chi connectivity index (χ4n) is 2.29. The third-order valence-corrected chi connectivity index (χ3v) is 2.61. The van der Waals surface area contributed by atoms with Crippen LogP contribution < -0.4 is 0 Å². The maximum Gasteiger partial charge on any atom is 0.0502 e. The normalized spacial score (nSPS) is 30.7. The first-order valence-electron chi connectivity index (χ1n) is 4.92. The van der Waals surface area contributed by atoms with Crippen LogP contribution in [-0.4, -0.2) is 52.5 Å². The van der Waals surface area contributed by atoms with E-state index in [1.54, 1.807) is 14.2 Å². The zero-order valence-corrected chi connectivity index (χ0v) is 8.95. The van der Waals surface area contributed by atoms with Crippen LogP contribution in [0.2, 0.25) is 0 Å². The minimum absolute atomic E-state index is 0.684. The van der Waals surface area contributed by atoms with Crippen molar-refractivity contribution in [2.45, 2.75) is 6.42 Å². The summed E-state index contributed by atoms with van der Waals surface area (Å²) in [5, 5.41) is 0. The van der Waals surface area contributed by atoms with Gasteiger partial charge >= 0.3 is 0 Å². The second-order valence-corrected chi connectivity index (χ2v) is 4.10. The van der Waals surface area contributed by atoms with Crippen molar-refractivity contribution in [3.05, 3.63) is 0 Å². The maximum absolute atomic E-state index is 5.19. The van der Waals surface area contributed by atoms with E-state index in [-0.39, 0.29) is 0 Å². The number of hydrogen-bond donors (Lipinski definition) is 0.